The van der Waals surface area contributed by atoms with Crippen LogP contribution in [0.25, 0.3) is 0 Å². The smallest absolute Gasteiger partial charge is 0.292 e. The predicted molar refractivity (Wildman–Crippen MR) is 39.4 cm³/mol. The quantitative estimate of drug-likeness (QED) is 0.436. The lowest BCUT2D eigenvalue weighted by atomic mass is 10.7. The van der Waals surface area contributed by atoms with Crippen molar-refractivity contribution in [2.24, 2.45) is 0 Å². The van der Waals surface area contributed by atoms with E-state index in [1.807, 2.05) is 0 Å². The van der Waals surface area contributed by atoms with Crippen LogP contribution in [0.3, 0.4) is 0 Å². The Balaban J connectivity index is 2.38. The largest absolute Gasteiger partial charge is 0.303 e. The summed E-state index contributed by atoms with van der Waals surface area (Å²) in [6.45, 7) is 2.04. The molecule has 60 valence electrons. The molecule has 0 bridgehead atoms. The molecule has 10 heavy (non-hydrogen) atoms. The minimum atomic E-state index is -3.79. The molecule has 0 aliphatic carbocycles. The first-order valence-electron chi connectivity index (χ1n) is 2.78. The van der Waals surface area contributed by atoms with Crippen LogP contribution in [-0.2, 0) is 9.74 Å². The van der Waals surface area contributed by atoms with Crippen LogP contribution in [0.5, 0.6) is 0 Å². The Morgan fingerprint density at radius 1 is 1.60 bits per heavy atom. The second kappa shape index (κ2) is 3.11. The number of hydrogen-bond acceptors (Lipinski definition) is 4. The van der Waals surface area contributed by atoms with Crippen LogP contribution >= 0.6 is 7.93 Å². The van der Waals surface area contributed by atoms with Crippen molar-refractivity contribution in [3.8, 4) is 0 Å². The average Bonchev–Trinajstić information content (AvgIpc) is 2.12. The van der Waals surface area contributed by atoms with Crippen molar-refractivity contribution in [1.29, 1.82) is 0 Å². The molecule has 0 aromatic rings. The van der Waals surface area contributed by atoms with Crippen molar-refractivity contribution in [3.05, 3.63) is 0 Å². The van der Waals surface area contributed by atoms with Crippen LogP contribution in [0.2, 0.25) is 0 Å². The molecule has 1 aliphatic rings. The van der Waals surface area contributed by atoms with Gasteiger partial charge >= 0.3 is 0 Å². The van der Waals surface area contributed by atoms with Crippen LogP contribution in [-0.4, -0.2) is 37.4 Å². The van der Waals surface area contributed by atoms with E-state index in [9.17, 15) is 8.42 Å². The predicted octanol–water partition coefficient (Wildman–Crippen LogP) is -0.755. The van der Waals surface area contributed by atoms with Gasteiger partial charge in [0.05, 0.1) is 6.67 Å². The Hall–Kier alpha value is 0.260. The van der Waals surface area contributed by atoms with E-state index in [0.29, 0.717) is 13.2 Å². The van der Waals surface area contributed by atoms with E-state index in [-0.39, 0.29) is 0 Å². The van der Waals surface area contributed by atoms with Gasteiger partial charge in [-0.25, -0.2) is 0 Å². The topological polar surface area (TPSA) is 69.6 Å². The van der Waals surface area contributed by atoms with Crippen molar-refractivity contribution in [2.45, 2.75) is 0 Å². The first kappa shape index (κ1) is 8.36. The van der Waals surface area contributed by atoms with Gasteiger partial charge in [0.25, 0.3) is 9.74 Å². The number of nitrogens with zero attached hydrogens (tertiary/aromatic N) is 1. The van der Waals surface area contributed by atoms with Gasteiger partial charge in [-0.2, -0.15) is 8.42 Å². The van der Waals surface area contributed by atoms with Gasteiger partial charge in [-0.3, -0.25) is 9.22 Å². The van der Waals surface area contributed by atoms with Gasteiger partial charge in [-0.05, 0) is 0 Å². The second-order valence-electron chi connectivity index (χ2n) is 1.99. The minimum absolute atomic E-state index is 0.506. The lowest BCUT2D eigenvalue weighted by Crippen LogP contribution is -2.14. The fourth-order valence-corrected chi connectivity index (χ4v) is 2.90. The molecule has 1 heterocycles. The Labute approximate surface area is 61.1 Å². The maximum absolute atomic E-state index is 10.3. The first-order valence-corrected chi connectivity index (χ1v) is 5.90. The van der Waals surface area contributed by atoms with Crippen LogP contribution in [0, 0.1) is 0 Å². The van der Waals surface area contributed by atoms with Crippen LogP contribution in [0.1, 0.15) is 0 Å². The summed E-state index contributed by atoms with van der Waals surface area (Å²) in [5.74, 6) is 0. The van der Waals surface area contributed by atoms with E-state index >= 15 is 0 Å². The molecular formula is C3H9N2O3PS. The molecule has 0 aromatic carbocycles. The summed E-state index contributed by atoms with van der Waals surface area (Å²) in [5.41, 5.74) is 0. The Kier molecular flexibility index (Phi) is 2.60. The second-order valence-corrected chi connectivity index (χ2v) is 5.85. The molecule has 0 amide bonds. The van der Waals surface area contributed by atoms with Crippen molar-refractivity contribution in [3.63, 3.8) is 0 Å². The molecule has 1 rings (SSSR count). The van der Waals surface area contributed by atoms with Gasteiger partial charge in [-0.1, -0.05) is 0 Å². The molecule has 0 radical (unpaired) electrons. The highest BCUT2D eigenvalue weighted by molar-refractivity contribution is 8.39. The lowest BCUT2D eigenvalue weighted by molar-refractivity contribution is 0.495. The first-order chi connectivity index (χ1) is 4.58. The fraction of sp³-hybridized carbons (Fsp3) is 1.00. The van der Waals surface area contributed by atoms with Gasteiger partial charge in [0, 0.05) is 13.1 Å². The maximum Gasteiger partial charge on any atom is 0.292 e. The molecule has 0 aromatic heterocycles. The van der Waals surface area contributed by atoms with E-state index < -0.39 is 17.7 Å². The number of rotatable bonds is 2. The van der Waals surface area contributed by atoms with E-state index in [1.54, 1.807) is 4.67 Å². The lowest BCUT2D eigenvalue weighted by Gasteiger charge is -2.08. The van der Waals surface area contributed by atoms with E-state index in [1.165, 1.54) is 0 Å². The van der Waals surface area contributed by atoms with E-state index in [4.69, 9.17) is 4.55 Å². The normalized spacial score (nSPS) is 22.9. The molecule has 1 atom stereocenters. The monoisotopic (exact) mass is 184 g/mol. The highest BCUT2D eigenvalue weighted by Crippen LogP contribution is 2.24. The summed E-state index contributed by atoms with van der Waals surface area (Å²) >= 11 is 0. The molecule has 1 fully saturated rings. The molecule has 2 N–H and O–H groups in total. The van der Waals surface area contributed by atoms with Crippen LogP contribution in [0.4, 0.5) is 0 Å². The number of hydrogen-bond donors (Lipinski definition) is 2. The summed E-state index contributed by atoms with van der Waals surface area (Å²) in [5, 5.41) is 2.95. The van der Waals surface area contributed by atoms with Crippen molar-refractivity contribution in [1.82, 2.24) is 9.99 Å². The zero-order chi connectivity index (χ0) is 7.61. The maximum atomic E-state index is 10.3. The van der Waals surface area contributed by atoms with Crippen molar-refractivity contribution < 1.29 is 13.0 Å². The minimum Gasteiger partial charge on any atom is -0.303 e. The Morgan fingerprint density at radius 3 is 2.70 bits per heavy atom. The molecular weight excluding hydrogens is 175 g/mol. The van der Waals surface area contributed by atoms with Crippen LogP contribution in [0.15, 0.2) is 0 Å². The third kappa shape index (κ3) is 2.90. The molecule has 5 nitrogen and oxygen atoms in total. The molecule has 0 saturated carbocycles. The van der Waals surface area contributed by atoms with Crippen molar-refractivity contribution >= 4 is 17.7 Å². The summed E-state index contributed by atoms with van der Waals surface area (Å²) in [6.07, 6.45) is 0. The van der Waals surface area contributed by atoms with Gasteiger partial charge in [-0.15, -0.1) is 0 Å². The molecule has 1 unspecified atom stereocenters. The summed E-state index contributed by atoms with van der Waals surface area (Å²) in [6, 6.07) is 0. The van der Waals surface area contributed by atoms with Crippen LogP contribution < -0.4 is 5.32 Å². The molecule has 1 aliphatic heterocycles. The van der Waals surface area contributed by atoms with Gasteiger partial charge in [0.1, 0.15) is 7.93 Å². The van der Waals surface area contributed by atoms with Gasteiger partial charge in [0.15, 0.2) is 0 Å². The standard InChI is InChI=1S/C3H9N2O3PS/c6-10(7,8)9-5-2-1-4-3-5/h4,9H,1-3H2,(H,6,7,8). The highest BCUT2D eigenvalue weighted by Gasteiger charge is 2.16. The zero-order valence-electron chi connectivity index (χ0n) is 5.24. The SMILES string of the molecule is O=S(=O)(O)PN1CCNC1. The average molecular weight is 184 g/mol. The highest BCUT2D eigenvalue weighted by atomic mass is 32.8. The van der Waals surface area contributed by atoms with E-state index in [2.05, 4.69) is 5.32 Å². The van der Waals surface area contributed by atoms with Crippen molar-refractivity contribution in [2.75, 3.05) is 19.8 Å². The summed E-state index contributed by atoms with van der Waals surface area (Å²) in [4.78, 5) is 0. The molecule has 7 heteroatoms. The third-order valence-corrected chi connectivity index (χ3v) is 3.44. The number of nitrogens with one attached hydrogen (secondary N) is 1. The Bertz CT molecular complexity index is 198. The zero-order valence-corrected chi connectivity index (χ0v) is 7.06. The third-order valence-electron chi connectivity index (χ3n) is 1.11. The fourth-order valence-electron chi connectivity index (χ4n) is 0.748. The van der Waals surface area contributed by atoms with Gasteiger partial charge in [0.2, 0.25) is 0 Å². The van der Waals surface area contributed by atoms with Gasteiger partial charge < -0.3 is 5.32 Å². The molecule has 0 spiro atoms. The molecule has 1 saturated heterocycles. The summed E-state index contributed by atoms with van der Waals surface area (Å²) < 4.78 is 30.6. The van der Waals surface area contributed by atoms with E-state index in [0.717, 1.165) is 6.54 Å². The Morgan fingerprint density at radius 2 is 2.30 bits per heavy atom. The summed E-state index contributed by atoms with van der Waals surface area (Å²) in [7, 11) is -4.30.